The van der Waals surface area contributed by atoms with Crippen LogP contribution in [-0.4, -0.2) is 31.3 Å². The molecule has 134 valence electrons. The zero-order valence-corrected chi connectivity index (χ0v) is 13.2. The molecular formula is C17H12F2N2O5. The average molecular weight is 362 g/mol. The first kappa shape index (κ1) is 16.1. The molecule has 0 bridgehead atoms. The second-order valence-corrected chi connectivity index (χ2v) is 5.68. The van der Waals surface area contributed by atoms with Crippen molar-refractivity contribution in [3.05, 3.63) is 42.5 Å². The van der Waals surface area contributed by atoms with Gasteiger partial charge in [-0.2, -0.15) is 0 Å². The highest BCUT2D eigenvalue weighted by atomic mass is 19.3. The van der Waals surface area contributed by atoms with Crippen LogP contribution < -0.4 is 24.4 Å². The predicted octanol–water partition coefficient (Wildman–Crippen LogP) is 2.37. The van der Waals surface area contributed by atoms with Crippen LogP contribution in [0.15, 0.2) is 42.5 Å². The van der Waals surface area contributed by atoms with E-state index in [0.717, 1.165) is 0 Å². The number of amides is 1. The molecule has 1 N–H and O–H groups in total. The van der Waals surface area contributed by atoms with E-state index in [1.165, 1.54) is 18.2 Å². The molecule has 2 aliphatic heterocycles. The number of para-hydroxylation sites is 2. The second-order valence-electron chi connectivity index (χ2n) is 5.68. The largest absolute Gasteiger partial charge is 0.586 e. The number of nitrogens with one attached hydrogen (secondary N) is 1. The number of anilines is 2. The van der Waals surface area contributed by atoms with Gasteiger partial charge in [-0.05, 0) is 24.3 Å². The van der Waals surface area contributed by atoms with E-state index >= 15 is 0 Å². The van der Waals surface area contributed by atoms with Gasteiger partial charge in [0, 0.05) is 11.8 Å². The summed E-state index contributed by atoms with van der Waals surface area (Å²) < 4.78 is 39.8. The highest BCUT2D eigenvalue weighted by Crippen LogP contribution is 2.42. The van der Waals surface area contributed by atoms with Crippen LogP contribution in [0, 0.1) is 0 Å². The highest BCUT2D eigenvalue weighted by molar-refractivity contribution is 5.96. The average Bonchev–Trinajstić information content (AvgIpc) is 2.87. The molecule has 7 nitrogen and oxygen atoms in total. The molecule has 0 aromatic heterocycles. The molecule has 2 aromatic carbocycles. The normalized spacial score (nSPS) is 16.7. The summed E-state index contributed by atoms with van der Waals surface area (Å²) in [7, 11) is 0. The number of benzene rings is 2. The zero-order valence-electron chi connectivity index (χ0n) is 13.2. The smallest absolute Gasteiger partial charge is 0.423 e. The molecule has 0 aliphatic carbocycles. The number of carbonyl (C=O) groups excluding carboxylic acids is 2. The monoisotopic (exact) mass is 362 g/mol. The van der Waals surface area contributed by atoms with Crippen molar-refractivity contribution >= 4 is 23.3 Å². The van der Waals surface area contributed by atoms with Gasteiger partial charge in [0.2, 0.25) is 5.91 Å². The lowest BCUT2D eigenvalue weighted by Crippen LogP contribution is -2.41. The fourth-order valence-corrected chi connectivity index (χ4v) is 2.74. The topological polar surface area (TPSA) is 77.1 Å². The number of hydrogen-bond acceptors (Lipinski definition) is 6. The number of rotatable bonds is 3. The third kappa shape index (κ3) is 3.10. The first-order chi connectivity index (χ1) is 12.4. The molecule has 0 atom stereocenters. The molecule has 0 unspecified atom stereocenters. The van der Waals surface area contributed by atoms with E-state index in [0.29, 0.717) is 11.4 Å². The number of hydrogen-bond donors (Lipinski definition) is 1. The minimum absolute atomic E-state index is 0.0716. The summed E-state index contributed by atoms with van der Waals surface area (Å²) in [6, 6.07) is 10.8. The van der Waals surface area contributed by atoms with Gasteiger partial charge in [0.05, 0.1) is 12.2 Å². The number of esters is 1. The number of carbonyl (C=O) groups is 2. The van der Waals surface area contributed by atoms with Gasteiger partial charge in [0.15, 0.2) is 17.2 Å². The number of fused-ring (bicyclic) bond motifs is 2. The van der Waals surface area contributed by atoms with E-state index in [-0.39, 0.29) is 30.3 Å². The van der Waals surface area contributed by atoms with Crippen molar-refractivity contribution in [1.82, 2.24) is 0 Å². The summed E-state index contributed by atoms with van der Waals surface area (Å²) in [5.41, 5.74) is 0.885. The Kier molecular flexibility index (Phi) is 3.64. The molecule has 0 spiro atoms. The maximum absolute atomic E-state index is 13.0. The first-order valence-electron chi connectivity index (χ1n) is 7.64. The van der Waals surface area contributed by atoms with Crippen molar-refractivity contribution in [2.75, 3.05) is 23.3 Å². The van der Waals surface area contributed by atoms with E-state index in [1.54, 1.807) is 29.2 Å². The molecule has 1 amide bonds. The Morgan fingerprint density at radius 1 is 1.12 bits per heavy atom. The first-order valence-corrected chi connectivity index (χ1v) is 7.64. The van der Waals surface area contributed by atoms with Gasteiger partial charge in [0.25, 0.3) is 0 Å². The van der Waals surface area contributed by atoms with Crippen molar-refractivity contribution in [3.8, 4) is 17.2 Å². The zero-order chi connectivity index (χ0) is 18.3. The van der Waals surface area contributed by atoms with Crippen molar-refractivity contribution < 1.29 is 32.6 Å². The van der Waals surface area contributed by atoms with Crippen LogP contribution >= 0.6 is 0 Å². The van der Waals surface area contributed by atoms with E-state index in [4.69, 9.17) is 4.74 Å². The molecule has 0 radical (unpaired) electrons. The second kappa shape index (κ2) is 5.87. The fraction of sp³-hybridized carbons (Fsp3) is 0.176. The van der Waals surface area contributed by atoms with E-state index in [2.05, 4.69) is 14.8 Å². The number of ether oxygens (including phenoxy) is 3. The standard InChI is InChI=1S/C17H12F2N2O5/c18-17(19)25-13-6-5-10(7-14(13)26-17)20-15(22)8-21-9-16(23)24-12-4-2-1-3-11(12)21/h1-7H,8-9H2,(H,20,22). The Labute approximate surface area is 146 Å². The van der Waals surface area contributed by atoms with Crippen LogP contribution in [0.1, 0.15) is 0 Å². The van der Waals surface area contributed by atoms with Gasteiger partial charge in [-0.15, -0.1) is 8.78 Å². The third-order valence-electron chi connectivity index (χ3n) is 3.77. The summed E-state index contributed by atoms with van der Waals surface area (Å²) in [6.45, 7) is -0.186. The summed E-state index contributed by atoms with van der Waals surface area (Å²) in [5, 5.41) is 2.58. The molecule has 4 rings (SSSR count). The number of alkyl halides is 2. The van der Waals surface area contributed by atoms with E-state index in [9.17, 15) is 18.4 Å². The fourth-order valence-electron chi connectivity index (χ4n) is 2.74. The minimum Gasteiger partial charge on any atom is -0.423 e. The van der Waals surface area contributed by atoms with E-state index < -0.39 is 18.2 Å². The van der Waals surface area contributed by atoms with Crippen LogP contribution in [-0.2, 0) is 9.59 Å². The molecule has 2 aliphatic rings. The number of nitrogens with zero attached hydrogens (tertiary/aromatic N) is 1. The van der Waals surface area contributed by atoms with Crippen molar-refractivity contribution in [1.29, 1.82) is 0 Å². The maximum Gasteiger partial charge on any atom is 0.586 e. The Balaban J connectivity index is 1.46. The lowest BCUT2D eigenvalue weighted by molar-refractivity contribution is -0.286. The van der Waals surface area contributed by atoms with Gasteiger partial charge in [-0.1, -0.05) is 12.1 Å². The lowest BCUT2D eigenvalue weighted by atomic mass is 10.2. The summed E-state index contributed by atoms with van der Waals surface area (Å²) in [4.78, 5) is 25.5. The Morgan fingerprint density at radius 3 is 2.73 bits per heavy atom. The van der Waals surface area contributed by atoms with Crippen LogP contribution in [0.4, 0.5) is 20.2 Å². The molecule has 26 heavy (non-hydrogen) atoms. The summed E-state index contributed by atoms with van der Waals surface area (Å²) in [6.07, 6.45) is -3.72. The molecule has 2 aromatic rings. The van der Waals surface area contributed by atoms with Crippen LogP contribution in [0.25, 0.3) is 0 Å². The Morgan fingerprint density at radius 2 is 1.88 bits per heavy atom. The van der Waals surface area contributed by atoms with Crippen LogP contribution in [0.3, 0.4) is 0 Å². The predicted molar refractivity (Wildman–Crippen MR) is 85.6 cm³/mol. The SMILES string of the molecule is O=C(CN1CC(=O)Oc2ccccc21)Nc1ccc2c(c1)OC(F)(F)O2. The summed E-state index contributed by atoms with van der Waals surface area (Å²) >= 11 is 0. The minimum atomic E-state index is -3.72. The van der Waals surface area contributed by atoms with Gasteiger partial charge in [0.1, 0.15) is 6.54 Å². The van der Waals surface area contributed by atoms with Crippen LogP contribution in [0.2, 0.25) is 0 Å². The number of halogens is 2. The van der Waals surface area contributed by atoms with Crippen molar-refractivity contribution in [2.45, 2.75) is 6.29 Å². The highest BCUT2D eigenvalue weighted by Gasteiger charge is 2.43. The van der Waals surface area contributed by atoms with Gasteiger partial charge in [-0.3, -0.25) is 4.79 Å². The van der Waals surface area contributed by atoms with Gasteiger partial charge < -0.3 is 24.4 Å². The summed E-state index contributed by atoms with van der Waals surface area (Å²) in [5.74, 6) is -0.802. The van der Waals surface area contributed by atoms with Crippen molar-refractivity contribution in [3.63, 3.8) is 0 Å². The molecule has 9 heteroatoms. The molecule has 0 saturated heterocycles. The maximum atomic E-state index is 13.0. The molecule has 2 heterocycles. The van der Waals surface area contributed by atoms with E-state index in [1.807, 2.05) is 0 Å². The third-order valence-corrected chi connectivity index (χ3v) is 3.77. The molecular weight excluding hydrogens is 350 g/mol. The van der Waals surface area contributed by atoms with Crippen molar-refractivity contribution in [2.24, 2.45) is 0 Å². The molecule has 0 saturated carbocycles. The van der Waals surface area contributed by atoms with Gasteiger partial charge >= 0.3 is 12.3 Å². The lowest BCUT2D eigenvalue weighted by Gasteiger charge is -2.29. The van der Waals surface area contributed by atoms with Gasteiger partial charge in [-0.25, -0.2) is 4.79 Å². The molecule has 0 fully saturated rings. The Bertz CT molecular complexity index is 902. The Hall–Kier alpha value is -3.36. The quantitative estimate of drug-likeness (QED) is 0.667. The van der Waals surface area contributed by atoms with Crippen LogP contribution in [0.5, 0.6) is 17.2 Å².